The SMILES string of the molecule is c1ccc(-c2ccc(-c3ccc(-c4cccc5c4oc4c(-c6nc(-c7ccccc7)nc(-c7ccccc7)n6)cccc45)cc3)cc2)cc1. The molecule has 0 aliphatic rings. The smallest absolute Gasteiger partial charge is 0.167 e. The minimum atomic E-state index is 0.571. The van der Waals surface area contributed by atoms with Crippen LogP contribution >= 0.6 is 0 Å². The van der Waals surface area contributed by atoms with E-state index in [1.807, 2.05) is 78.9 Å². The van der Waals surface area contributed by atoms with E-state index < -0.39 is 0 Å². The Morgan fingerprint density at radius 2 is 0.633 bits per heavy atom. The van der Waals surface area contributed by atoms with Crippen molar-refractivity contribution in [3.63, 3.8) is 0 Å². The summed E-state index contributed by atoms with van der Waals surface area (Å²) in [5, 5.41) is 2.07. The summed E-state index contributed by atoms with van der Waals surface area (Å²) in [6.07, 6.45) is 0. The quantitative estimate of drug-likeness (QED) is 0.184. The van der Waals surface area contributed by atoms with Gasteiger partial charge in [-0.05, 0) is 33.9 Å². The first-order valence-electron chi connectivity index (χ1n) is 16.4. The van der Waals surface area contributed by atoms with E-state index in [2.05, 4.69) is 97.1 Å². The van der Waals surface area contributed by atoms with Crippen LogP contribution in [-0.2, 0) is 0 Å². The van der Waals surface area contributed by atoms with Gasteiger partial charge in [0.15, 0.2) is 17.5 Å². The van der Waals surface area contributed by atoms with Gasteiger partial charge in [-0.2, -0.15) is 0 Å². The standard InChI is InChI=1S/C45H29N3O/c1-4-12-30(13-5-1)31-22-24-32(25-23-31)33-26-28-34(29-27-33)37-18-10-19-38-39-20-11-21-40(42(39)49-41(37)38)45-47-43(35-14-6-2-7-15-35)46-44(48-45)36-16-8-3-9-17-36/h1-29H. The summed E-state index contributed by atoms with van der Waals surface area (Å²) in [5.41, 5.74) is 11.2. The molecule has 0 N–H and O–H groups in total. The van der Waals surface area contributed by atoms with Crippen molar-refractivity contribution in [3.05, 3.63) is 176 Å². The Labute approximate surface area is 284 Å². The summed E-state index contributed by atoms with van der Waals surface area (Å²) in [6, 6.07) is 60.5. The number of hydrogen-bond donors (Lipinski definition) is 0. The van der Waals surface area contributed by atoms with E-state index in [0.717, 1.165) is 49.8 Å². The van der Waals surface area contributed by atoms with E-state index in [1.54, 1.807) is 0 Å². The third-order valence-corrected chi connectivity index (χ3v) is 8.99. The zero-order chi connectivity index (χ0) is 32.6. The van der Waals surface area contributed by atoms with E-state index in [-0.39, 0.29) is 0 Å². The summed E-state index contributed by atoms with van der Waals surface area (Å²) in [5.74, 6) is 1.81. The van der Waals surface area contributed by atoms with E-state index >= 15 is 0 Å². The lowest BCUT2D eigenvalue weighted by atomic mass is 9.97. The van der Waals surface area contributed by atoms with Crippen LogP contribution in [0.15, 0.2) is 180 Å². The lowest BCUT2D eigenvalue weighted by Crippen LogP contribution is -2.00. The molecule has 4 heteroatoms. The summed E-state index contributed by atoms with van der Waals surface area (Å²) in [6.45, 7) is 0. The Balaban J connectivity index is 1.12. The average Bonchev–Trinajstić information content (AvgIpc) is 3.58. The highest BCUT2D eigenvalue weighted by molar-refractivity contribution is 6.12. The normalized spacial score (nSPS) is 11.3. The number of fused-ring (bicyclic) bond motifs is 3. The number of aromatic nitrogens is 3. The molecule has 7 aromatic carbocycles. The first-order valence-corrected chi connectivity index (χ1v) is 16.4. The van der Waals surface area contributed by atoms with E-state index in [0.29, 0.717) is 17.5 Å². The summed E-state index contributed by atoms with van der Waals surface area (Å²) >= 11 is 0. The van der Waals surface area contributed by atoms with Crippen LogP contribution in [0.2, 0.25) is 0 Å². The average molecular weight is 628 g/mol. The van der Waals surface area contributed by atoms with Crippen molar-refractivity contribution in [2.24, 2.45) is 0 Å². The second kappa shape index (κ2) is 12.2. The fourth-order valence-corrected chi connectivity index (χ4v) is 6.48. The molecule has 4 nitrogen and oxygen atoms in total. The fourth-order valence-electron chi connectivity index (χ4n) is 6.48. The van der Waals surface area contributed by atoms with E-state index in [4.69, 9.17) is 19.4 Å². The lowest BCUT2D eigenvalue weighted by molar-refractivity contribution is 0.670. The van der Waals surface area contributed by atoms with Crippen molar-refractivity contribution in [1.82, 2.24) is 15.0 Å². The van der Waals surface area contributed by atoms with Crippen LogP contribution in [0.1, 0.15) is 0 Å². The first kappa shape index (κ1) is 28.6. The molecule has 0 atom stereocenters. The first-order chi connectivity index (χ1) is 24.3. The number of hydrogen-bond acceptors (Lipinski definition) is 4. The summed E-state index contributed by atoms with van der Waals surface area (Å²) in [7, 11) is 0. The number of nitrogens with zero attached hydrogens (tertiary/aromatic N) is 3. The summed E-state index contributed by atoms with van der Waals surface area (Å²) < 4.78 is 6.78. The van der Waals surface area contributed by atoms with Crippen LogP contribution in [0.3, 0.4) is 0 Å². The van der Waals surface area contributed by atoms with Crippen molar-refractivity contribution in [1.29, 1.82) is 0 Å². The molecule has 0 fully saturated rings. The van der Waals surface area contributed by atoms with Gasteiger partial charge in [0.1, 0.15) is 11.2 Å². The number of furan rings is 1. The topological polar surface area (TPSA) is 51.8 Å². The molecule has 2 aromatic heterocycles. The molecule has 0 saturated carbocycles. The molecule has 0 radical (unpaired) electrons. The Kier molecular flexibility index (Phi) is 7.10. The van der Waals surface area contributed by atoms with Gasteiger partial charge in [0.2, 0.25) is 0 Å². The van der Waals surface area contributed by atoms with Gasteiger partial charge in [-0.1, -0.05) is 170 Å². The summed E-state index contributed by atoms with van der Waals surface area (Å²) in [4.78, 5) is 14.8. The largest absolute Gasteiger partial charge is 0.455 e. The van der Waals surface area contributed by atoms with Crippen molar-refractivity contribution < 1.29 is 4.42 Å². The second-order valence-electron chi connectivity index (χ2n) is 12.0. The van der Waals surface area contributed by atoms with E-state index in [1.165, 1.54) is 22.3 Å². The van der Waals surface area contributed by atoms with Crippen molar-refractivity contribution >= 4 is 21.9 Å². The molecule has 2 heterocycles. The molecule has 0 aliphatic heterocycles. The monoisotopic (exact) mass is 627 g/mol. The van der Waals surface area contributed by atoms with Gasteiger partial charge in [0.25, 0.3) is 0 Å². The molecule has 0 aliphatic carbocycles. The Morgan fingerprint density at radius 3 is 1.12 bits per heavy atom. The molecule has 49 heavy (non-hydrogen) atoms. The third-order valence-electron chi connectivity index (χ3n) is 8.99. The lowest BCUT2D eigenvalue weighted by Gasteiger charge is -2.08. The molecule has 0 saturated heterocycles. The maximum Gasteiger partial charge on any atom is 0.167 e. The Hall–Kier alpha value is -6.65. The highest BCUT2D eigenvalue weighted by Crippen LogP contribution is 2.40. The molecular formula is C45H29N3O. The van der Waals surface area contributed by atoms with Crippen molar-refractivity contribution in [2.45, 2.75) is 0 Å². The van der Waals surface area contributed by atoms with Gasteiger partial charge in [-0.25, -0.2) is 15.0 Å². The molecule has 0 unspecified atom stereocenters. The highest BCUT2D eigenvalue weighted by atomic mass is 16.3. The van der Waals surface area contributed by atoms with Gasteiger partial charge < -0.3 is 4.42 Å². The highest BCUT2D eigenvalue weighted by Gasteiger charge is 2.19. The van der Waals surface area contributed by atoms with Crippen molar-refractivity contribution in [3.8, 4) is 67.5 Å². The zero-order valence-corrected chi connectivity index (χ0v) is 26.5. The van der Waals surface area contributed by atoms with Crippen molar-refractivity contribution in [2.75, 3.05) is 0 Å². The van der Waals surface area contributed by atoms with Gasteiger partial charge >= 0.3 is 0 Å². The van der Waals surface area contributed by atoms with Crippen LogP contribution in [-0.4, -0.2) is 15.0 Å². The molecule has 0 amide bonds. The van der Waals surface area contributed by atoms with Crippen LogP contribution in [0.25, 0.3) is 89.5 Å². The molecule has 0 spiro atoms. The zero-order valence-electron chi connectivity index (χ0n) is 26.5. The second-order valence-corrected chi connectivity index (χ2v) is 12.0. The van der Waals surface area contributed by atoms with Gasteiger partial charge in [-0.3, -0.25) is 0 Å². The fraction of sp³-hybridized carbons (Fsp3) is 0. The minimum Gasteiger partial charge on any atom is -0.455 e. The maximum atomic E-state index is 6.78. The molecule has 0 bridgehead atoms. The Bertz CT molecular complexity index is 2500. The van der Waals surface area contributed by atoms with Crippen LogP contribution in [0.4, 0.5) is 0 Å². The van der Waals surface area contributed by atoms with Crippen LogP contribution in [0.5, 0.6) is 0 Å². The predicted octanol–water partition coefficient (Wildman–Crippen LogP) is 11.8. The van der Waals surface area contributed by atoms with Gasteiger partial charge in [0.05, 0.1) is 5.56 Å². The third kappa shape index (κ3) is 5.35. The number of benzene rings is 7. The van der Waals surface area contributed by atoms with Gasteiger partial charge in [-0.15, -0.1) is 0 Å². The Morgan fingerprint density at radius 1 is 0.265 bits per heavy atom. The van der Waals surface area contributed by atoms with Crippen LogP contribution < -0.4 is 0 Å². The molecular weight excluding hydrogens is 599 g/mol. The van der Waals surface area contributed by atoms with Crippen LogP contribution in [0, 0.1) is 0 Å². The molecule has 9 aromatic rings. The molecule has 230 valence electrons. The molecule has 9 rings (SSSR count). The number of rotatable bonds is 6. The minimum absolute atomic E-state index is 0.571. The maximum absolute atomic E-state index is 6.78. The van der Waals surface area contributed by atoms with Gasteiger partial charge in [0, 0.05) is 27.5 Å². The van der Waals surface area contributed by atoms with E-state index in [9.17, 15) is 0 Å². The predicted molar refractivity (Wildman–Crippen MR) is 200 cm³/mol. The number of para-hydroxylation sites is 2.